The molecule has 0 saturated heterocycles. The van der Waals surface area contributed by atoms with Crippen LogP contribution in [0, 0.1) is 38.5 Å². The summed E-state index contributed by atoms with van der Waals surface area (Å²) in [5.41, 5.74) is 3.43. The molecule has 4 aliphatic rings. The van der Waals surface area contributed by atoms with Crippen LogP contribution in [0.1, 0.15) is 65.6 Å². The topological polar surface area (TPSA) is 75.3 Å². The molecule has 6 rings (SSSR count). The molecule has 4 fully saturated rings. The van der Waals surface area contributed by atoms with Crippen molar-refractivity contribution in [1.29, 1.82) is 0 Å². The van der Waals surface area contributed by atoms with E-state index in [2.05, 4.69) is 10.0 Å². The van der Waals surface area contributed by atoms with Gasteiger partial charge in [0.1, 0.15) is 0 Å². The number of anilines is 1. The minimum Gasteiger partial charge on any atom is -0.347 e. The normalized spacial score (nSPS) is 28.5. The molecule has 0 spiro atoms. The van der Waals surface area contributed by atoms with Crippen LogP contribution < -0.4 is 10.0 Å². The van der Waals surface area contributed by atoms with Crippen molar-refractivity contribution < 1.29 is 13.2 Å². The van der Waals surface area contributed by atoms with Crippen molar-refractivity contribution in [3.63, 3.8) is 0 Å². The van der Waals surface area contributed by atoms with Crippen LogP contribution in [0.4, 0.5) is 5.69 Å². The third kappa shape index (κ3) is 4.05. The Bertz CT molecular complexity index is 1130. The summed E-state index contributed by atoms with van der Waals surface area (Å²) in [5.74, 6) is 2.04. The molecule has 0 atom stereocenters. The third-order valence-corrected chi connectivity index (χ3v) is 9.15. The van der Waals surface area contributed by atoms with Crippen LogP contribution in [0.15, 0.2) is 41.3 Å². The van der Waals surface area contributed by atoms with E-state index in [1.807, 2.05) is 32.0 Å². The first-order chi connectivity index (χ1) is 15.1. The Kier molecular flexibility index (Phi) is 5.12. The lowest BCUT2D eigenvalue weighted by molar-refractivity contribution is -0.0167. The van der Waals surface area contributed by atoms with E-state index in [1.165, 1.54) is 25.3 Å². The van der Waals surface area contributed by atoms with Gasteiger partial charge in [0.05, 0.1) is 4.90 Å². The van der Waals surface area contributed by atoms with Crippen LogP contribution in [0.5, 0.6) is 0 Å². The highest BCUT2D eigenvalue weighted by atomic mass is 32.2. The van der Waals surface area contributed by atoms with Crippen LogP contribution in [-0.2, 0) is 10.0 Å². The summed E-state index contributed by atoms with van der Waals surface area (Å²) >= 11 is 0. The summed E-state index contributed by atoms with van der Waals surface area (Å²) in [5, 5.41) is 3.35. The van der Waals surface area contributed by atoms with Crippen LogP contribution in [0.3, 0.4) is 0 Å². The quantitative estimate of drug-likeness (QED) is 0.662. The maximum absolute atomic E-state index is 13.2. The number of carbonyl (C=O) groups excluding carboxylic acids is 1. The van der Waals surface area contributed by atoms with Gasteiger partial charge in [-0.1, -0.05) is 12.1 Å². The second kappa shape index (κ2) is 7.62. The lowest BCUT2D eigenvalue weighted by Gasteiger charge is -2.56. The summed E-state index contributed by atoms with van der Waals surface area (Å²) in [7, 11) is -3.82. The van der Waals surface area contributed by atoms with E-state index in [0.29, 0.717) is 16.8 Å². The van der Waals surface area contributed by atoms with Gasteiger partial charge in [0.2, 0.25) is 0 Å². The SMILES string of the molecule is Cc1cc(C)cc(NS(=O)(=O)c2cc(C(=O)NC34CC5CC(CC(C5)C3)C4)ccc2C)c1. The minimum atomic E-state index is -3.82. The Morgan fingerprint density at radius 3 is 2.00 bits per heavy atom. The van der Waals surface area contributed by atoms with Crippen molar-refractivity contribution >= 4 is 21.6 Å². The summed E-state index contributed by atoms with van der Waals surface area (Å²) in [6.45, 7) is 5.63. The highest BCUT2D eigenvalue weighted by Crippen LogP contribution is 2.55. The lowest BCUT2D eigenvalue weighted by atomic mass is 9.53. The number of nitrogens with one attached hydrogen (secondary N) is 2. The highest BCUT2D eigenvalue weighted by molar-refractivity contribution is 7.92. The molecule has 6 heteroatoms. The molecule has 2 aromatic rings. The van der Waals surface area contributed by atoms with E-state index in [0.717, 1.165) is 48.1 Å². The molecule has 5 nitrogen and oxygen atoms in total. The Balaban J connectivity index is 1.39. The fourth-order valence-electron chi connectivity index (χ4n) is 6.85. The van der Waals surface area contributed by atoms with Gasteiger partial charge >= 0.3 is 0 Å². The standard InChI is InChI=1S/C26H32N2O3S/c1-16-6-17(2)8-23(7-16)28-32(30,31)24-12-22(5-4-18(24)3)25(29)27-26-13-19-9-20(14-26)11-21(10-19)15-26/h4-8,12,19-21,28H,9-11,13-15H2,1-3H3,(H,27,29). The van der Waals surface area contributed by atoms with Gasteiger partial charge in [0.25, 0.3) is 15.9 Å². The molecule has 1 amide bonds. The first kappa shape index (κ1) is 21.5. The second-order valence-electron chi connectivity index (χ2n) is 10.6. The molecule has 170 valence electrons. The molecule has 0 unspecified atom stereocenters. The predicted octanol–water partition coefficient (Wildman–Crippen LogP) is 5.11. The van der Waals surface area contributed by atoms with Crippen molar-refractivity contribution in [2.75, 3.05) is 4.72 Å². The zero-order valence-electron chi connectivity index (χ0n) is 19.1. The summed E-state index contributed by atoms with van der Waals surface area (Å²) in [6, 6.07) is 10.6. The molecule has 0 aliphatic heterocycles. The van der Waals surface area contributed by atoms with E-state index in [-0.39, 0.29) is 16.3 Å². The average molecular weight is 453 g/mol. The average Bonchev–Trinajstić information content (AvgIpc) is 2.65. The number of sulfonamides is 1. The number of carbonyl (C=O) groups is 1. The van der Waals surface area contributed by atoms with Gasteiger partial charge in [-0.05, 0) is 118 Å². The van der Waals surface area contributed by atoms with Crippen molar-refractivity contribution in [1.82, 2.24) is 5.32 Å². The molecular weight excluding hydrogens is 420 g/mol. The fraction of sp³-hybridized carbons (Fsp3) is 0.500. The van der Waals surface area contributed by atoms with E-state index in [1.54, 1.807) is 19.1 Å². The largest absolute Gasteiger partial charge is 0.347 e. The van der Waals surface area contributed by atoms with Gasteiger partial charge in [-0.15, -0.1) is 0 Å². The molecule has 4 saturated carbocycles. The Hall–Kier alpha value is -2.34. The predicted molar refractivity (Wildman–Crippen MR) is 126 cm³/mol. The fourth-order valence-corrected chi connectivity index (χ4v) is 8.16. The Labute approximate surface area is 191 Å². The highest BCUT2D eigenvalue weighted by Gasteiger charge is 2.51. The molecule has 0 radical (unpaired) electrons. The van der Waals surface area contributed by atoms with Crippen molar-refractivity contribution in [3.8, 4) is 0 Å². The molecule has 0 heterocycles. The minimum absolute atomic E-state index is 0.104. The van der Waals surface area contributed by atoms with Crippen LogP contribution >= 0.6 is 0 Å². The van der Waals surface area contributed by atoms with E-state index in [4.69, 9.17) is 0 Å². The van der Waals surface area contributed by atoms with Crippen molar-refractivity contribution in [3.05, 3.63) is 58.7 Å². The lowest BCUT2D eigenvalue weighted by Crippen LogP contribution is -2.59. The summed E-state index contributed by atoms with van der Waals surface area (Å²) in [4.78, 5) is 13.4. The van der Waals surface area contributed by atoms with Gasteiger partial charge in [0, 0.05) is 16.8 Å². The molecular formula is C26H32N2O3S. The number of hydrogen-bond donors (Lipinski definition) is 2. The van der Waals surface area contributed by atoms with E-state index >= 15 is 0 Å². The Morgan fingerprint density at radius 1 is 0.875 bits per heavy atom. The van der Waals surface area contributed by atoms with Crippen LogP contribution in [0.25, 0.3) is 0 Å². The number of hydrogen-bond acceptors (Lipinski definition) is 3. The van der Waals surface area contributed by atoms with E-state index < -0.39 is 10.0 Å². The van der Waals surface area contributed by atoms with Gasteiger partial charge in [0.15, 0.2) is 0 Å². The molecule has 0 aromatic heterocycles. The van der Waals surface area contributed by atoms with Crippen LogP contribution in [0.2, 0.25) is 0 Å². The number of aryl methyl sites for hydroxylation is 3. The number of amides is 1. The van der Waals surface area contributed by atoms with Gasteiger partial charge < -0.3 is 5.32 Å². The third-order valence-electron chi connectivity index (χ3n) is 7.63. The molecule has 2 aromatic carbocycles. The first-order valence-electron chi connectivity index (χ1n) is 11.7. The molecule has 32 heavy (non-hydrogen) atoms. The molecule has 4 aliphatic carbocycles. The van der Waals surface area contributed by atoms with Gasteiger partial charge in [-0.25, -0.2) is 8.42 Å². The zero-order valence-corrected chi connectivity index (χ0v) is 19.9. The Morgan fingerprint density at radius 2 is 1.44 bits per heavy atom. The smallest absolute Gasteiger partial charge is 0.262 e. The van der Waals surface area contributed by atoms with Gasteiger partial charge in [-0.2, -0.15) is 0 Å². The van der Waals surface area contributed by atoms with Gasteiger partial charge in [-0.3, -0.25) is 9.52 Å². The number of benzene rings is 2. The number of rotatable bonds is 5. The summed E-state index contributed by atoms with van der Waals surface area (Å²) < 4.78 is 29.1. The summed E-state index contributed by atoms with van der Waals surface area (Å²) in [6.07, 6.45) is 7.13. The maximum atomic E-state index is 13.2. The molecule has 2 N–H and O–H groups in total. The molecule has 4 bridgehead atoms. The van der Waals surface area contributed by atoms with Crippen molar-refractivity contribution in [2.45, 2.75) is 69.7 Å². The van der Waals surface area contributed by atoms with E-state index in [9.17, 15) is 13.2 Å². The van der Waals surface area contributed by atoms with Crippen LogP contribution in [-0.4, -0.2) is 19.9 Å². The van der Waals surface area contributed by atoms with Crippen molar-refractivity contribution in [2.24, 2.45) is 17.8 Å². The maximum Gasteiger partial charge on any atom is 0.262 e. The second-order valence-corrected chi connectivity index (χ2v) is 12.3. The monoisotopic (exact) mass is 452 g/mol. The first-order valence-corrected chi connectivity index (χ1v) is 13.1. The zero-order chi connectivity index (χ0) is 22.7.